The smallest absolute Gasteiger partial charge is 0.410 e. The van der Waals surface area contributed by atoms with E-state index in [4.69, 9.17) is 9.47 Å². The Labute approximate surface area is 375 Å². The number of amides is 5. The first-order valence-electron chi connectivity index (χ1n) is 20.9. The van der Waals surface area contributed by atoms with Crippen molar-refractivity contribution in [3.8, 4) is 0 Å². The number of nitrogens with zero attached hydrogens (tertiary/aromatic N) is 4. The van der Waals surface area contributed by atoms with Crippen LogP contribution in [0.4, 0.5) is 19.7 Å². The number of ether oxygens (including phenoxy) is 2. The normalized spacial score (nSPS) is 22.0. The third-order valence-corrected chi connectivity index (χ3v) is 15.2. The van der Waals surface area contributed by atoms with Gasteiger partial charge in [0.1, 0.15) is 35.1 Å². The van der Waals surface area contributed by atoms with E-state index in [1.54, 1.807) is 6.07 Å². The second kappa shape index (κ2) is 18.9. The Morgan fingerprint density at radius 3 is 2.38 bits per heavy atom. The van der Waals surface area contributed by atoms with Gasteiger partial charge in [0.05, 0.1) is 23.3 Å². The molecule has 4 aliphatic rings. The van der Waals surface area contributed by atoms with Gasteiger partial charge in [-0.25, -0.2) is 30.8 Å². The molecule has 2 heterocycles. The van der Waals surface area contributed by atoms with Crippen LogP contribution in [0.2, 0.25) is 0 Å². The molecule has 20 nitrogen and oxygen atoms in total. The van der Waals surface area contributed by atoms with Crippen molar-refractivity contribution in [2.75, 3.05) is 19.6 Å². The zero-order valence-corrected chi connectivity index (χ0v) is 37.7. The van der Waals surface area contributed by atoms with Crippen molar-refractivity contribution in [1.82, 2.24) is 29.5 Å². The minimum atomic E-state index is -4.81. The van der Waals surface area contributed by atoms with Crippen LogP contribution >= 0.6 is 0 Å². The fraction of sp³-hybridized carbons (Fsp3) is 0.500. The number of hydrogen-bond acceptors (Lipinski definition) is 13. The standard InChI is InChI=1S/C42H52FN7O13S2/c1-6-8-11-19-48(65(60,61)35-16-10-9-15-33(35)50(56)57)25-32(44-39(54)63-41(3,4)5)37(52)49-23-28(62-40(55)47-22-26-13-12-14-31(43)30(26)24-47)20-34(49)36(51)45-42(21-27(42)7-2)38(53)46-64(58,59)29-17-18-29/h6-7,9-10,12-16,27-29,32,34H,1-2,8,11,17-25H2,3-5H3,(H,44,54)(H,45,51)(H,46,53)/t27-,28-,32+,34?,42-/m1/s1. The molecule has 352 valence electrons. The van der Waals surface area contributed by atoms with Gasteiger partial charge in [-0.3, -0.25) is 34.1 Å². The lowest BCUT2D eigenvalue weighted by Gasteiger charge is -2.32. The molecule has 3 N–H and O–H groups in total. The van der Waals surface area contributed by atoms with Gasteiger partial charge in [0.15, 0.2) is 4.90 Å². The van der Waals surface area contributed by atoms with Crippen LogP contribution in [0.3, 0.4) is 0 Å². The molecule has 2 aromatic carbocycles. The highest BCUT2D eigenvalue weighted by atomic mass is 32.2. The third kappa shape index (κ3) is 11.0. The van der Waals surface area contributed by atoms with Crippen LogP contribution in [0.15, 0.2) is 72.7 Å². The average molecular weight is 946 g/mol. The lowest BCUT2D eigenvalue weighted by Crippen LogP contribution is -2.60. The van der Waals surface area contributed by atoms with Crippen molar-refractivity contribution < 1.29 is 59.6 Å². The molecular weight excluding hydrogens is 894 g/mol. The van der Waals surface area contributed by atoms with Gasteiger partial charge in [0.2, 0.25) is 31.9 Å². The summed E-state index contributed by atoms with van der Waals surface area (Å²) >= 11 is 0. The minimum Gasteiger partial charge on any atom is -0.444 e. The van der Waals surface area contributed by atoms with Crippen molar-refractivity contribution in [2.45, 2.75) is 112 Å². The van der Waals surface area contributed by atoms with Crippen molar-refractivity contribution in [2.24, 2.45) is 5.92 Å². The molecule has 65 heavy (non-hydrogen) atoms. The number of carbonyl (C=O) groups is 5. The summed E-state index contributed by atoms with van der Waals surface area (Å²) in [7, 11) is -8.89. The van der Waals surface area contributed by atoms with Crippen molar-refractivity contribution in [1.29, 1.82) is 0 Å². The molecule has 0 bridgehead atoms. The molecule has 2 aliphatic carbocycles. The topological polar surface area (TPSA) is 261 Å². The summed E-state index contributed by atoms with van der Waals surface area (Å²) in [6.07, 6.45) is 0.186. The lowest BCUT2D eigenvalue weighted by atomic mass is 10.1. The predicted octanol–water partition coefficient (Wildman–Crippen LogP) is 3.38. The first kappa shape index (κ1) is 48.5. The largest absolute Gasteiger partial charge is 0.444 e. The van der Waals surface area contributed by atoms with E-state index in [0.717, 1.165) is 21.3 Å². The Bertz CT molecular complexity index is 2500. The fourth-order valence-electron chi connectivity index (χ4n) is 7.85. The van der Waals surface area contributed by atoms with Gasteiger partial charge in [0.25, 0.3) is 11.6 Å². The van der Waals surface area contributed by atoms with Crippen LogP contribution in [-0.2, 0) is 57.0 Å². The Balaban J connectivity index is 1.35. The van der Waals surface area contributed by atoms with Crippen LogP contribution in [-0.4, -0.2) is 120 Å². The van der Waals surface area contributed by atoms with Crippen molar-refractivity contribution >= 4 is 55.6 Å². The van der Waals surface area contributed by atoms with Gasteiger partial charge in [-0.05, 0) is 70.6 Å². The molecule has 23 heteroatoms. The number of unbranched alkanes of at least 4 members (excludes halogenated alkanes) is 1. The molecule has 2 aliphatic heterocycles. The molecule has 2 aromatic rings. The fourth-order valence-corrected chi connectivity index (χ4v) is 10.9. The van der Waals surface area contributed by atoms with Crippen LogP contribution in [0.5, 0.6) is 0 Å². The molecule has 1 saturated heterocycles. The predicted molar refractivity (Wildman–Crippen MR) is 230 cm³/mol. The number of rotatable bonds is 18. The summed E-state index contributed by atoms with van der Waals surface area (Å²) in [4.78, 5) is 82.7. The number of para-hydroxylation sites is 1. The number of likely N-dealkylation sites (tertiary alicyclic amines) is 1. The van der Waals surface area contributed by atoms with E-state index >= 15 is 4.79 Å². The lowest BCUT2D eigenvalue weighted by molar-refractivity contribution is -0.387. The highest BCUT2D eigenvalue weighted by Crippen LogP contribution is 2.45. The number of carbonyl (C=O) groups excluding carboxylic acids is 5. The Morgan fingerprint density at radius 2 is 1.77 bits per heavy atom. The number of hydrogen-bond donors (Lipinski definition) is 3. The monoisotopic (exact) mass is 945 g/mol. The number of allylic oxidation sites excluding steroid dienone is 1. The molecule has 5 atom stereocenters. The zero-order valence-electron chi connectivity index (χ0n) is 36.1. The van der Waals surface area contributed by atoms with E-state index in [1.165, 1.54) is 62.1 Å². The van der Waals surface area contributed by atoms with Crippen molar-refractivity contribution in [3.63, 3.8) is 0 Å². The molecule has 0 radical (unpaired) electrons. The summed E-state index contributed by atoms with van der Waals surface area (Å²) in [6.45, 7) is 10.1. The maximum Gasteiger partial charge on any atom is 0.410 e. The molecular formula is C42H52FN7O13S2. The summed E-state index contributed by atoms with van der Waals surface area (Å²) in [5, 5.41) is 16.2. The van der Waals surface area contributed by atoms with E-state index in [1.807, 2.05) is 4.72 Å². The first-order valence-corrected chi connectivity index (χ1v) is 23.9. The number of nitro groups is 1. The first-order chi connectivity index (χ1) is 30.5. The number of benzene rings is 2. The van der Waals surface area contributed by atoms with Gasteiger partial charge >= 0.3 is 12.2 Å². The number of sulfonamides is 2. The summed E-state index contributed by atoms with van der Waals surface area (Å²) < 4.78 is 83.0. The van der Waals surface area contributed by atoms with E-state index < -0.39 is 131 Å². The van der Waals surface area contributed by atoms with Gasteiger partial charge in [-0.1, -0.05) is 36.4 Å². The Kier molecular flexibility index (Phi) is 14.1. The highest BCUT2D eigenvalue weighted by molar-refractivity contribution is 7.91. The van der Waals surface area contributed by atoms with Gasteiger partial charge in [-0.15, -0.1) is 13.2 Å². The molecule has 0 aromatic heterocycles. The zero-order chi connectivity index (χ0) is 47.6. The van der Waals surface area contributed by atoms with Crippen LogP contribution < -0.4 is 15.4 Å². The molecule has 2 saturated carbocycles. The second-order valence-electron chi connectivity index (χ2n) is 17.4. The quantitative estimate of drug-likeness (QED) is 0.0839. The minimum absolute atomic E-state index is 0.00678. The van der Waals surface area contributed by atoms with E-state index in [2.05, 4.69) is 23.8 Å². The molecule has 6 rings (SSSR count). The molecule has 3 fully saturated rings. The van der Waals surface area contributed by atoms with E-state index in [9.17, 15) is 50.5 Å². The van der Waals surface area contributed by atoms with Crippen molar-refractivity contribution in [3.05, 3.63) is 94.8 Å². The van der Waals surface area contributed by atoms with Gasteiger partial charge < -0.3 is 25.0 Å². The van der Waals surface area contributed by atoms with Gasteiger partial charge in [0, 0.05) is 43.6 Å². The Hall–Kier alpha value is -5.94. The van der Waals surface area contributed by atoms with Crippen LogP contribution in [0.25, 0.3) is 0 Å². The summed E-state index contributed by atoms with van der Waals surface area (Å²) in [5.74, 6) is -4.35. The molecule has 0 spiro atoms. The number of fused-ring (bicyclic) bond motifs is 1. The summed E-state index contributed by atoms with van der Waals surface area (Å²) in [6, 6.07) is 5.50. The van der Waals surface area contributed by atoms with E-state index in [0.29, 0.717) is 18.4 Å². The second-order valence-corrected chi connectivity index (χ2v) is 21.2. The SMILES string of the molecule is C=CCCCN(C[C@H](NC(=O)OC(C)(C)C)C(=O)N1C[C@H](OC(=O)N2Cc3cccc(F)c3C2)CC1C(=O)N[C@]1(C(=O)NS(=O)(=O)C2CC2)C[C@H]1C=C)S(=O)(=O)c1ccccc1[N+](=O)[O-]. The number of alkyl carbamates (subject to hydrolysis) is 1. The van der Waals surface area contributed by atoms with Gasteiger partial charge in [-0.2, -0.15) is 4.31 Å². The Morgan fingerprint density at radius 1 is 1.06 bits per heavy atom. The van der Waals surface area contributed by atoms with Crippen LogP contribution in [0.1, 0.15) is 70.4 Å². The van der Waals surface area contributed by atoms with Crippen LogP contribution in [0, 0.1) is 21.8 Å². The number of nitro benzene ring substituents is 1. The third-order valence-electron chi connectivity index (χ3n) is 11.4. The molecule has 5 amide bonds. The van der Waals surface area contributed by atoms with E-state index in [-0.39, 0.29) is 44.5 Å². The summed E-state index contributed by atoms with van der Waals surface area (Å²) in [5.41, 5.74) is -2.86. The maximum absolute atomic E-state index is 15.0. The number of nitrogens with one attached hydrogen (secondary N) is 3. The average Bonchev–Trinajstić information content (AvgIpc) is 4.13. The number of halogens is 1. The molecule has 1 unspecified atom stereocenters. The maximum atomic E-state index is 15.0. The highest BCUT2D eigenvalue weighted by Gasteiger charge is 2.62.